The number of rotatable bonds is 7. The van der Waals surface area contributed by atoms with E-state index < -0.39 is 0 Å². The van der Waals surface area contributed by atoms with Gasteiger partial charge in [0.25, 0.3) is 0 Å². The summed E-state index contributed by atoms with van der Waals surface area (Å²) in [6.45, 7) is 0.481. The molecule has 33 heavy (non-hydrogen) atoms. The normalized spacial score (nSPS) is 11.2. The lowest BCUT2D eigenvalue weighted by Crippen LogP contribution is -2.05. The Hall–Kier alpha value is -3.37. The second kappa shape index (κ2) is 8.87. The third kappa shape index (κ3) is 3.96. The zero-order chi connectivity index (χ0) is 22.9. The fraction of sp³-hybridized carbons (Fsp3) is 0.174. The number of nitrogens with zero attached hydrogens (tertiary/aromatic N) is 3. The van der Waals surface area contributed by atoms with E-state index in [0.29, 0.717) is 29.7 Å². The van der Waals surface area contributed by atoms with Gasteiger partial charge in [-0.3, -0.25) is 0 Å². The number of thiophene rings is 1. The highest BCUT2D eigenvalue weighted by Crippen LogP contribution is 2.39. The van der Waals surface area contributed by atoms with E-state index in [1.807, 2.05) is 35.8 Å². The minimum atomic E-state index is 0.481. The molecule has 0 aliphatic heterocycles. The Labute approximate surface area is 202 Å². The van der Waals surface area contributed by atoms with Crippen molar-refractivity contribution in [3.8, 4) is 28.5 Å². The molecule has 2 N–H and O–H groups in total. The number of hydrogen-bond acceptors (Lipinski definition) is 8. The predicted octanol–water partition coefficient (Wildman–Crippen LogP) is 5.64. The van der Waals surface area contributed by atoms with Crippen LogP contribution in [0, 0.1) is 0 Å². The molecule has 4 heterocycles. The van der Waals surface area contributed by atoms with Crippen molar-refractivity contribution >= 4 is 54.3 Å². The highest BCUT2D eigenvalue weighted by Gasteiger charge is 2.17. The van der Waals surface area contributed by atoms with Crippen molar-refractivity contribution in [1.29, 1.82) is 0 Å². The van der Waals surface area contributed by atoms with Crippen LogP contribution in [-0.4, -0.2) is 41.3 Å². The number of hydrogen-bond donors (Lipinski definition) is 2. The van der Waals surface area contributed by atoms with Crippen molar-refractivity contribution in [1.82, 2.24) is 19.9 Å². The van der Waals surface area contributed by atoms with Crippen molar-refractivity contribution in [2.75, 3.05) is 26.6 Å². The van der Waals surface area contributed by atoms with Gasteiger partial charge >= 0.3 is 0 Å². The Morgan fingerprint density at radius 1 is 1.06 bits per heavy atom. The van der Waals surface area contributed by atoms with E-state index >= 15 is 0 Å². The lowest BCUT2D eigenvalue weighted by molar-refractivity contribution is 0.324. The van der Waals surface area contributed by atoms with Crippen molar-refractivity contribution in [3.05, 3.63) is 52.2 Å². The molecule has 0 fully saturated rings. The van der Waals surface area contributed by atoms with E-state index in [0.717, 1.165) is 42.5 Å². The number of fused-ring (bicyclic) bond motifs is 2. The van der Waals surface area contributed by atoms with Gasteiger partial charge in [0, 0.05) is 23.7 Å². The summed E-state index contributed by atoms with van der Waals surface area (Å²) in [5.74, 6) is 2.29. The van der Waals surface area contributed by atoms with Gasteiger partial charge in [0.2, 0.25) is 11.7 Å². The van der Waals surface area contributed by atoms with E-state index in [-0.39, 0.29) is 0 Å². The highest BCUT2D eigenvalue weighted by molar-refractivity contribution is 9.10. The van der Waals surface area contributed by atoms with E-state index in [2.05, 4.69) is 31.2 Å². The second-order valence-corrected chi connectivity index (χ2v) is 8.90. The molecule has 0 bridgehead atoms. The van der Waals surface area contributed by atoms with Crippen LogP contribution in [0.25, 0.3) is 32.4 Å². The average molecular weight is 526 g/mol. The van der Waals surface area contributed by atoms with Crippen molar-refractivity contribution < 1.29 is 14.2 Å². The highest BCUT2D eigenvalue weighted by atomic mass is 79.9. The molecule has 168 valence electrons. The van der Waals surface area contributed by atoms with Crippen LogP contribution >= 0.6 is 27.3 Å². The number of halogens is 1. The minimum Gasteiger partial charge on any atom is -0.493 e. The van der Waals surface area contributed by atoms with E-state index in [9.17, 15) is 0 Å². The molecule has 4 aromatic heterocycles. The number of pyridine rings is 1. The quantitative estimate of drug-likeness (QED) is 0.265. The molecule has 0 amide bonds. The van der Waals surface area contributed by atoms with Crippen LogP contribution in [0.1, 0.15) is 5.56 Å². The Morgan fingerprint density at radius 2 is 1.85 bits per heavy atom. The largest absolute Gasteiger partial charge is 0.493 e. The molecule has 5 rings (SSSR count). The maximum atomic E-state index is 5.46. The van der Waals surface area contributed by atoms with Crippen LogP contribution in [0.15, 0.2) is 46.6 Å². The zero-order valence-corrected chi connectivity index (χ0v) is 20.5. The fourth-order valence-corrected chi connectivity index (χ4v) is 4.90. The minimum absolute atomic E-state index is 0.481. The first-order valence-electron chi connectivity index (χ1n) is 10.0. The summed E-state index contributed by atoms with van der Waals surface area (Å²) in [5.41, 5.74) is 4.65. The van der Waals surface area contributed by atoms with Crippen molar-refractivity contribution in [2.24, 2.45) is 0 Å². The maximum Gasteiger partial charge on any atom is 0.224 e. The van der Waals surface area contributed by atoms with Crippen LogP contribution in [0.2, 0.25) is 0 Å². The molecular formula is C23H20BrN5O3S. The summed E-state index contributed by atoms with van der Waals surface area (Å²) >= 11 is 5.09. The van der Waals surface area contributed by atoms with Crippen LogP contribution < -0.4 is 19.5 Å². The zero-order valence-electron chi connectivity index (χ0n) is 18.1. The Morgan fingerprint density at radius 3 is 2.58 bits per heavy atom. The third-order valence-corrected chi connectivity index (χ3v) is 6.61. The van der Waals surface area contributed by atoms with E-state index in [1.165, 1.54) is 0 Å². The number of benzene rings is 1. The number of ether oxygens (including phenoxy) is 3. The fourth-order valence-electron chi connectivity index (χ4n) is 3.73. The summed E-state index contributed by atoms with van der Waals surface area (Å²) in [4.78, 5) is 17.2. The second-order valence-electron chi connectivity index (χ2n) is 7.17. The van der Waals surface area contributed by atoms with Gasteiger partial charge in [-0.15, -0.1) is 11.3 Å². The van der Waals surface area contributed by atoms with E-state index in [1.54, 1.807) is 38.9 Å². The first kappa shape index (κ1) is 21.5. The molecule has 8 nitrogen and oxygen atoms in total. The monoisotopic (exact) mass is 525 g/mol. The third-order valence-electron chi connectivity index (χ3n) is 5.27. The van der Waals surface area contributed by atoms with Gasteiger partial charge in [-0.2, -0.15) is 0 Å². The van der Waals surface area contributed by atoms with Crippen LogP contribution in [0.3, 0.4) is 0 Å². The first-order valence-corrected chi connectivity index (χ1v) is 11.7. The smallest absolute Gasteiger partial charge is 0.224 e. The van der Waals surface area contributed by atoms with Gasteiger partial charge in [0.1, 0.15) is 4.60 Å². The molecule has 0 spiro atoms. The molecule has 0 atom stereocenters. The number of H-pyrrole nitrogens is 1. The number of methoxy groups -OCH3 is 3. The predicted molar refractivity (Wildman–Crippen MR) is 134 cm³/mol. The van der Waals surface area contributed by atoms with Gasteiger partial charge in [0.05, 0.1) is 49.0 Å². The first-order chi connectivity index (χ1) is 16.1. The summed E-state index contributed by atoms with van der Waals surface area (Å²) < 4.78 is 18.1. The van der Waals surface area contributed by atoms with Gasteiger partial charge in [-0.25, -0.2) is 15.0 Å². The molecule has 0 saturated heterocycles. The molecule has 0 unspecified atom stereocenters. The summed E-state index contributed by atoms with van der Waals surface area (Å²) in [6, 6.07) is 7.80. The molecular weight excluding hydrogens is 506 g/mol. The molecule has 0 aliphatic rings. The average Bonchev–Trinajstić information content (AvgIpc) is 3.48. The lowest BCUT2D eigenvalue weighted by atomic mass is 10.1. The van der Waals surface area contributed by atoms with Gasteiger partial charge in [-0.1, -0.05) is 0 Å². The Bertz CT molecular complexity index is 1440. The van der Waals surface area contributed by atoms with Crippen LogP contribution in [0.4, 0.5) is 5.95 Å². The van der Waals surface area contributed by atoms with Gasteiger partial charge in [-0.05, 0) is 51.1 Å². The van der Waals surface area contributed by atoms with Crippen molar-refractivity contribution in [3.63, 3.8) is 0 Å². The SMILES string of the molecule is COc1cc(CNc2nc(-c3c[nH]c4cnc(Br)cc34)c3sccc3n2)cc(OC)c1OC. The molecule has 5 aromatic rings. The summed E-state index contributed by atoms with van der Waals surface area (Å²) in [7, 11) is 4.79. The van der Waals surface area contributed by atoms with Crippen molar-refractivity contribution in [2.45, 2.75) is 6.54 Å². The lowest BCUT2D eigenvalue weighted by Gasteiger charge is -2.14. The summed E-state index contributed by atoms with van der Waals surface area (Å²) in [6.07, 6.45) is 3.77. The molecule has 1 aromatic carbocycles. The van der Waals surface area contributed by atoms with E-state index in [4.69, 9.17) is 24.2 Å². The molecule has 0 radical (unpaired) electrons. The Kier molecular flexibility index (Phi) is 5.77. The van der Waals surface area contributed by atoms with Gasteiger partial charge in [0.15, 0.2) is 11.5 Å². The topological polar surface area (TPSA) is 94.2 Å². The van der Waals surface area contributed by atoms with Gasteiger partial charge < -0.3 is 24.5 Å². The number of nitrogens with one attached hydrogen (secondary N) is 2. The van der Waals surface area contributed by atoms with Crippen LogP contribution in [-0.2, 0) is 6.54 Å². The molecule has 0 saturated carbocycles. The summed E-state index contributed by atoms with van der Waals surface area (Å²) in [5, 5.41) is 6.41. The number of aromatic amines is 1. The maximum absolute atomic E-state index is 5.46. The molecule has 0 aliphatic carbocycles. The standard InChI is InChI=1S/C23H20BrN5O3S/c1-30-17-6-12(7-18(31-2)21(17)32-3)9-27-23-28-15-4-5-33-22(15)20(29-23)14-10-25-16-11-26-19(24)8-13(14)16/h4-8,10-11,25H,9H2,1-3H3,(H,27,28,29). The Balaban J connectivity index is 1.52. The molecule has 10 heteroatoms. The number of anilines is 1. The van der Waals surface area contributed by atoms with Crippen LogP contribution in [0.5, 0.6) is 17.2 Å². The number of aromatic nitrogens is 4.